The highest BCUT2D eigenvalue weighted by molar-refractivity contribution is 7.99. The number of fused-ring (bicyclic) bond motifs is 1. The van der Waals surface area contributed by atoms with Crippen LogP contribution in [0.3, 0.4) is 0 Å². The van der Waals surface area contributed by atoms with Gasteiger partial charge in [0.2, 0.25) is 0 Å². The Morgan fingerprint density at radius 2 is 2.06 bits per heavy atom. The number of anilines is 1. The second-order valence-corrected chi connectivity index (χ2v) is 5.11. The average Bonchev–Trinajstić information content (AvgIpc) is 2.75. The molecule has 0 bridgehead atoms. The summed E-state index contributed by atoms with van der Waals surface area (Å²) in [6.45, 7) is 1.96. The smallest absolute Gasteiger partial charge is 0.114 e. The molecule has 0 radical (unpaired) electrons. The molecule has 0 aliphatic rings. The van der Waals surface area contributed by atoms with Gasteiger partial charge in [-0.3, -0.25) is 4.98 Å². The van der Waals surface area contributed by atoms with E-state index in [9.17, 15) is 0 Å². The predicted molar refractivity (Wildman–Crippen MR) is 73.7 cm³/mol. The number of nitrogens with zero attached hydrogens (tertiary/aromatic N) is 1. The van der Waals surface area contributed by atoms with E-state index in [-0.39, 0.29) is 0 Å². The number of hydrogen-bond donors (Lipinski definition) is 1. The number of aryl methyl sites for hydroxylation is 1. The quantitative estimate of drug-likeness (QED) is 0.707. The van der Waals surface area contributed by atoms with Gasteiger partial charge < -0.3 is 10.2 Å². The molecule has 0 fully saturated rings. The summed E-state index contributed by atoms with van der Waals surface area (Å²) in [5, 5.41) is 1.11. The van der Waals surface area contributed by atoms with Crippen molar-refractivity contribution in [1.82, 2.24) is 4.98 Å². The van der Waals surface area contributed by atoms with Crippen LogP contribution < -0.4 is 5.73 Å². The van der Waals surface area contributed by atoms with Gasteiger partial charge in [-0.15, -0.1) is 0 Å². The van der Waals surface area contributed by atoms with E-state index in [2.05, 4.69) is 4.98 Å². The third kappa shape index (κ3) is 1.95. The Labute approximate surface area is 109 Å². The van der Waals surface area contributed by atoms with Gasteiger partial charge in [-0.1, -0.05) is 11.8 Å². The summed E-state index contributed by atoms with van der Waals surface area (Å²) >= 11 is 1.68. The molecule has 3 aromatic rings. The summed E-state index contributed by atoms with van der Waals surface area (Å²) in [5.74, 6) is 0.931. The summed E-state index contributed by atoms with van der Waals surface area (Å²) in [4.78, 5) is 6.62. The van der Waals surface area contributed by atoms with Gasteiger partial charge in [0, 0.05) is 22.2 Å². The molecule has 0 amide bonds. The zero-order valence-electron chi connectivity index (χ0n) is 9.88. The molecule has 2 aromatic heterocycles. The Morgan fingerprint density at radius 3 is 2.83 bits per heavy atom. The van der Waals surface area contributed by atoms with Crippen LogP contribution in [0.5, 0.6) is 0 Å². The van der Waals surface area contributed by atoms with Gasteiger partial charge in [0.15, 0.2) is 0 Å². The Bertz CT molecular complexity index is 706. The fraction of sp³-hybridized carbons (Fsp3) is 0.0714. The standard InChI is InChI=1S/C14H12N2OS/c1-9-13(5-7-17-9)18-14-4-6-16-12-8-10(15)2-3-11(12)14/h2-8H,15H2,1H3. The molecule has 0 atom stereocenters. The second-order valence-electron chi connectivity index (χ2n) is 4.03. The number of pyridine rings is 1. The van der Waals surface area contributed by atoms with Crippen LogP contribution in [-0.2, 0) is 0 Å². The van der Waals surface area contributed by atoms with Crippen molar-refractivity contribution < 1.29 is 4.42 Å². The van der Waals surface area contributed by atoms with Crippen LogP contribution in [0, 0.1) is 6.92 Å². The number of nitrogens with two attached hydrogens (primary N) is 1. The molecular formula is C14H12N2OS. The Morgan fingerprint density at radius 1 is 1.17 bits per heavy atom. The summed E-state index contributed by atoms with van der Waals surface area (Å²) in [7, 11) is 0. The van der Waals surface area contributed by atoms with E-state index in [1.807, 2.05) is 37.3 Å². The number of nitrogen functional groups attached to an aromatic ring is 1. The molecule has 0 spiro atoms. The minimum Gasteiger partial charge on any atom is -0.468 e. The highest BCUT2D eigenvalue weighted by Gasteiger charge is 2.07. The molecule has 3 rings (SSSR count). The lowest BCUT2D eigenvalue weighted by molar-refractivity contribution is 0.527. The summed E-state index contributed by atoms with van der Waals surface area (Å²) in [6, 6.07) is 9.78. The zero-order chi connectivity index (χ0) is 12.5. The fourth-order valence-corrected chi connectivity index (χ4v) is 2.79. The molecule has 0 saturated carbocycles. The van der Waals surface area contributed by atoms with Crippen molar-refractivity contribution in [2.45, 2.75) is 16.7 Å². The van der Waals surface area contributed by atoms with Crippen molar-refractivity contribution in [1.29, 1.82) is 0 Å². The second kappa shape index (κ2) is 4.38. The van der Waals surface area contributed by atoms with Gasteiger partial charge in [0.05, 0.1) is 16.7 Å². The van der Waals surface area contributed by atoms with E-state index in [0.29, 0.717) is 0 Å². The number of aromatic nitrogens is 1. The van der Waals surface area contributed by atoms with Gasteiger partial charge in [-0.25, -0.2) is 0 Å². The molecule has 90 valence electrons. The van der Waals surface area contributed by atoms with Crippen molar-refractivity contribution >= 4 is 28.4 Å². The minimum absolute atomic E-state index is 0.733. The molecule has 3 nitrogen and oxygen atoms in total. The van der Waals surface area contributed by atoms with Crippen molar-refractivity contribution in [3.63, 3.8) is 0 Å². The fourth-order valence-electron chi connectivity index (χ4n) is 1.83. The predicted octanol–water partition coefficient (Wildman–Crippen LogP) is 3.87. The van der Waals surface area contributed by atoms with Crippen LogP contribution in [-0.4, -0.2) is 4.98 Å². The first kappa shape index (κ1) is 11.2. The van der Waals surface area contributed by atoms with Crippen molar-refractivity contribution in [3.8, 4) is 0 Å². The minimum atomic E-state index is 0.733. The van der Waals surface area contributed by atoms with Crippen molar-refractivity contribution in [2.24, 2.45) is 0 Å². The van der Waals surface area contributed by atoms with Crippen LogP contribution in [0.15, 0.2) is 57.0 Å². The molecule has 2 heterocycles. The van der Waals surface area contributed by atoms with Crippen LogP contribution in [0.25, 0.3) is 10.9 Å². The molecule has 0 aliphatic heterocycles. The van der Waals surface area contributed by atoms with Gasteiger partial charge in [-0.2, -0.15) is 0 Å². The highest BCUT2D eigenvalue weighted by atomic mass is 32.2. The van der Waals surface area contributed by atoms with E-state index in [1.54, 1.807) is 24.2 Å². The maximum absolute atomic E-state index is 5.77. The summed E-state index contributed by atoms with van der Waals surface area (Å²) in [5.41, 5.74) is 7.42. The van der Waals surface area contributed by atoms with Crippen LogP contribution in [0.2, 0.25) is 0 Å². The summed E-state index contributed by atoms with van der Waals surface area (Å²) in [6.07, 6.45) is 3.51. The Hall–Kier alpha value is -1.94. The summed E-state index contributed by atoms with van der Waals surface area (Å²) < 4.78 is 5.31. The number of hydrogen-bond acceptors (Lipinski definition) is 4. The lowest BCUT2D eigenvalue weighted by atomic mass is 10.2. The Kier molecular flexibility index (Phi) is 2.72. The van der Waals surface area contributed by atoms with Crippen molar-refractivity contribution in [3.05, 3.63) is 48.6 Å². The monoisotopic (exact) mass is 256 g/mol. The van der Waals surface area contributed by atoms with Gasteiger partial charge in [0.25, 0.3) is 0 Å². The van der Waals surface area contributed by atoms with Gasteiger partial charge in [-0.05, 0) is 37.3 Å². The topological polar surface area (TPSA) is 52.0 Å². The van der Waals surface area contributed by atoms with Crippen molar-refractivity contribution in [2.75, 3.05) is 5.73 Å². The normalized spacial score (nSPS) is 10.9. The number of furan rings is 1. The van der Waals surface area contributed by atoms with Gasteiger partial charge >= 0.3 is 0 Å². The van der Waals surface area contributed by atoms with E-state index < -0.39 is 0 Å². The maximum atomic E-state index is 5.77. The highest BCUT2D eigenvalue weighted by Crippen LogP contribution is 2.35. The lowest BCUT2D eigenvalue weighted by Gasteiger charge is -2.05. The van der Waals surface area contributed by atoms with E-state index >= 15 is 0 Å². The molecule has 0 aliphatic carbocycles. The maximum Gasteiger partial charge on any atom is 0.114 e. The molecule has 0 saturated heterocycles. The van der Waals surface area contributed by atoms with E-state index in [4.69, 9.17) is 10.2 Å². The zero-order valence-corrected chi connectivity index (χ0v) is 10.7. The van der Waals surface area contributed by atoms with Crippen LogP contribution in [0.4, 0.5) is 5.69 Å². The van der Waals surface area contributed by atoms with Crippen LogP contribution in [0.1, 0.15) is 5.76 Å². The average molecular weight is 256 g/mol. The van der Waals surface area contributed by atoms with E-state index in [0.717, 1.165) is 32.1 Å². The largest absolute Gasteiger partial charge is 0.468 e. The molecule has 0 unspecified atom stereocenters. The third-order valence-corrected chi connectivity index (χ3v) is 3.98. The lowest BCUT2D eigenvalue weighted by Crippen LogP contribution is -1.87. The first-order chi connectivity index (χ1) is 8.74. The molecule has 4 heteroatoms. The third-order valence-electron chi connectivity index (χ3n) is 2.76. The van der Waals surface area contributed by atoms with Crippen LogP contribution >= 0.6 is 11.8 Å². The van der Waals surface area contributed by atoms with Gasteiger partial charge in [0.1, 0.15) is 5.76 Å². The molecule has 2 N–H and O–H groups in total. The molecule has 1 aromatic carbocycles. The Balaban J connectivity index is 2.09. The van der Waals surface area contributed by atoms with E-state index in [1.165, 1.54) is 0 Å². The number of rotatable bonds is 2. The molecular weight excluding hydrogens is 244 g/mol. The number of benzene rings is 1. The first-order valence-electron chi connectivity index (χ1n) is 5.60. The SMILES string of the molecule is Cc1occc1Sc1ccnc2cc(N)ccc12. The molecule has 18 heavy (non-hydrogen) atoms. The first-order valence-corrected chi connectivity index (χ1v) is 6.42.